The quantitative estimate of drug-likeness (QED) is 0.772. The fourth-order valence-corrected chi connectivity index (χ4v) is 2.70. The van der Waals surface area contributed by atoms with Gasteiger partial charge in [-0.15, -0.1) is 5.10 Å². The maximum atomic E-state index is 12.2. The average molecular weight is 292 g/mol. The Bertz CT molecular complexity index is 543. The molecule has 0 spiro atoms. The van der Waals surface area contributed by atoms with Crippen LogP contribution < -0.4 is 0 Å². The number of nitrogens with zero attached hydrogens (tertiary/aromatic N) is 6. The molecule has 2 aliphatic rings. The molecule has 3 heterocycles. The van der Waals surface area contributed by atoms with Gasteiger partial charge < -0.3 is 14.7 Å². The number of rotatable bonds is 2. The van der Waals surface area contributed by atoms with Crippen LogP contribution in [0.5, 0.6) is 0 Å². The highest BCUT2D eigenvalue weighted by molar-refractivity contribution is 5.92. The van der Waals surface area contributed by atoms with Gasteiger partial charge in [0, 0.05) is 40.3 Å². The summed E-state index contributed by atoms with van der Waals surface area (Å²) in [5.41, 5.74) is 0.397. The van der Waals surface area contributed by atoms with E-state index in [1.54, 1.807) is 34.8 Å². The molecule has 1 aromatic rings. The fraction of sp³-hybridized carbons (Fsp3) is 0.692. The molecule has 0 radical (unpaired) electrons. The Morgan fingerprint density at radius 3 is 2.48 bits per heavy atom. The molecule has 0 bridgehead atoms. The maximum Gasteiger partial charge on any atom is 0.319 e. The second-order valence-electron chi connectivity index (χ2n) is 5.82. The first-order chi connectivity index (χ1) is 10.1. The van der Waals surface area contributed by atoms with E-state index in [0.29, 0.717) is 18.8 Å². The van der Waals surface area contributed by atoms with E-state index in [2.05, 4.69) is 10.3 Å². The van der Waals surface area contributed by atoms with E-state index >= 15 is 0 Å². The number of aromatic nitrogens is 3. The molecule has 2 saturated heterocycles. The lowest BCUT2D eigenvalue weighted by molar-refractivity contribution is 0.0786. The Balaban J connectivity index is 1.59. The largest absolute Gasteiger partial charge is 0.337 e. The first kappa shape index (κ1) is 13.8. The van der Waals surface area contributed by atoms with Crippen LogP contribution in [0.4, 0.5) is 4.79 Å². The summed E-state index contributed by atoms with van der Waals surface area (Å²) in [6, 6.07) is 0.112. The molecule has 0 aromatic carbocycles. The first-order valence-corrected chi connectivity index (χ1v) is 7.23. The Labute approximate surface area is 123 Å². The number of hydrogen-bond donors (Lipinski definition) is 0. The minimum absolute atomic E-state index is 0.000248. The van der Waals surface area contributed by atoms with Gasteiger partial charge >= 0.3 is 6.03 Å². The van der Waals surface area contributed by atoms with E-state index in [1.807, 2.05) is 4.90 Å². The standard InChI is InChI=1S/C13H20N6O2/c1-16(2)13(21)18-7-10(8-18)19-9-11(14-15-19)12(20)17-5-3-4-6-17/h9-10H,3-8H2,1-2H3. The highest BCUT2D eigenvalue weighted by atomic mass is 16.2. The van der Waals surface area contributed by atoms with Crippen molar-refractivity contribution < 1.29 is 9.59 Å². The summed E-state index contributed by atoms with van der Waals surface area (Å²) in [6.45, 7) is 2.83. The first-order valence-electron chi connectivity index (χ1n) is 7.23. The summed E-state index contributed by atoms with van der Waals surface area (Å²) in [5, 5.41) is 8.01. The van der Waals surface area contributed by atoms with Gasteiger partial charge in [-0.1, -0.05) is 5.21 Å². The molecule has 0 N–H and O–H groups in total. The van der Waals surface area contributed by atoms with Crippen LogP contribution in [0.15, 0.2) is 6.20 Å². The molecule has 2 fully saturated rings. The van der Waals surface area contributed by atoms with E-state index in [0.717, 1.165) is 25.9 Å². The van der Waals surface area contributed by atoms with Crippen LogP contribution in [0.1, 0.15) is 29.4 Å². The molecule has 0 saturated carbocycles. The van der Waals surface area contributed by atoms with Crippen molar-refractivity contribution in [3.8, 4) is 0 Å². The molecule has 0 atom stereocenters. The number of hydrogen-bond acceptors (Lipinski definition) is 4. The number of carbonyl (C=O) groups excluding carboxylic acids is 2. The second-order valence-corrected chi connectivity index (χ2v) is 5.82. The van der Waals surface area contributed by atoms with Crippen molar-refractivity contribution in [2.75, 3.05) is 40.3 Å². The van der Waals surface area contributed by atoms with E-state index in [-0.39, 0.29) is 18.0 Å². The molecule has 8 heteroatoms. The summed E-state index contributed by atoms with van der Waals surface area (Å²) < 4.78 is 1.70. The molecule has 114 valence electrons. The predicted molar refractivity (Wildman–Crippen MR) is 74.9 cm³/mol. The summed E-state index contributed by atoms with van der Waals surface area (Å²) in [4.78, 5) is 29.0. The van der Waals surface area contributed by atoms with Gasteiger partial charge in [-0.05, 0) is 12.8 Å². The molecule has 1 aromatic heterocycles. The zero-order valence-electron chi connectivity index (χ0n) is 12.4. The number of carbonyl (C=O) groups is 2. The van der Waals surface area contributed by atoms with Crippen LogP contribution in [0, 0.1) is 0 Å². The van der Waals surface area contributed by atoms with Gasteiger partial charge in [0.1, 0.15) is 0 Å². The minimum Gasteiger partial charge on any atom is -0.337 e. The molecule has 21 heavy (non-hydrogen) atoms. The van der Waals surface area contributed by atoms with E-state index in [1.165, 1.54) is 0 Å². The van der Waals surface area contributed by atoms with Gasteiger partial charge in [0.05, 0.1) is 12.2 Å². The van der Waals surface area contributed by atoms with Crippen molar-refractivity contribution in [3.05, 3.63) is 11.9 Å². The third kappa shape index (κ3) is 2.57. The Morgan fingerprint density at radius 1 is 1.19 bits per heavy atom. The summed E-state index contributed by atoms with van der Waals surface area (Å²) in [7, 11) is 3.47. The van der Waals surface area contributed by atoms with Crippen molar-refractivity contribution in [1.82, 2.24) is 29.7 Å². The topological polar surface area (TPSA) is 74.6 Å². The monoisotopic (exact) mass is 292 g/mol. The van der Waals surface area contributed by atoms with E-state index in [9.17, 15) is 9.59 Å². The number of likely N-dealkylation sites (tertiary alicyclic amines) is 2. The van der Waals surface area contributed by atoms with Crippen molar-refractivity contribution in [3.63, 3.8) is 0 Å². The normalized spacial score (nSPS) is 18.8. The van der Waals surface area contributed by atoms with Crippen molar-refractivity contribution >= 4 is 11.9 Å². The lowest BCUT2D eigenvalue weighted by Gasteiger charge is -2.40. The number of amides is 3. The van der Waals surface area contributed by atoms with Crippen LogP contribution in [0.25, 0.3) is 0 Å². The summed E-state index contributed by atoms with van der Waals surface area (Å²) >= 11 is 0. The van der Waals surface area contributed by atoms with Gasteiger partial charge in [-0.25, -0.2) is 9.48 Å². The average Bonchev–Trinajstić information content (AvgIpc) is 3.07. The Kier molecular flexibility index (Phi) is 3.52. The highest BCUT2D eigenvalue weighted by Gasteiger charge is 2.34. The SMILES string of the molecule is CN(C)C(=O)N1CC(n2cc(C(=O)N3CCCC3)nn2)C1. The third-order valence-electron chi connectivity index (χ3n) is 4.01. The maximum absolute atomic E-state index is 12.2. The van der Waals surface area contributed by atoms with Crippen LogP contribution >= 0.6 is 0 Å². The summed E-state index contributed by atoms with van der Waals surface area (Å²) in [5.74, 6) is -0.0423. The summed E-state index contributed by atoms with van der Waals surface area (Å²) in [6.07, 6.45) is 3.82. The third-order valence-corrected chi connectivity index (χ3v) is 4.01. The predicted octanol–water partition coefficient (Wildman–Crippen LogP) is 0.0524. The van der Waals surface area contributed by atoms with Crippen LogP contribution in [-0.4, -0.2) is 81.9 Å². The van der Waals surface area contributed by atoms with Gasteiger partial charge in [0.15, 0.2) is 5.69 Å². The fourth-order valence-electron chi connectivity index (χ4n) is 2.70. The second kappa shape index (κ2) is 5.34. The van der Waals surface area contributed by atoms with Crippen molar-refractivity contribution in [2.45, 2.75) is 18.9 Å². The minimum atomic E-state index is -0.0423. The van der Waals surface area contributed by atoms with Crippen molar-refractivity contribution in [2.24, 2.45) is 0 Å². The molecular formula is C13H20N6O2. The zero-order valence-corrected chi connectivity index (χ0v) is 12.4. The van der Waals surface area contributed by atoms with E-state index < -0.39 is 0 Å². The van der Waals surface area contributed by atoms with Crippen LogP contribution in [-0.2, 0) is 0 Å². The van der Waals surface area contributed by atoms with Gasteiger partial charge in [0.25, 0.3) is 5.91 Å². The lowest BCUT2D eigenvalue weighted by atomic mass is 10.1. The molecule has 8 nitrogen and oxygen atoms in total. The van der Waals surface area contributed by atoms with Gasteiger partial charge in [0.2, 0.25) is 0 Å². The molecule has 3 rings (SSSR count). The molecule has 2 aliphatic heterocycles. The Morgan fingerprint density at radius 2 is 1.86 bits per heavy atom. The Hall–Kier alpha value is -2.12. The zero-order chi connectivity index (χ0) is 15.0. The van der Waals surface area contributed by atoms with Gasteiger partial charge in [-0.3, -0.25) is 4.79 Å². The van der Waals surface area contributed by atoms with E-state index in [4.69, 9.17) is 0 Å². The lowest BCUT2D eigenvalue weighted by Crippen LogP contribution is -2.54. The smallest absolute Gasteiger partial charge is 0.319 e. The molecule has 0 aliphatic carbocycles. The molecule has 3 amide bonds. The molecule has 0 unspecified atom stereocenters. The van der Waals surface area contributed by atoms with Gasteiger partial charge in [-0.2, -0.15) is 0 Å². The van der Waals surface area contributed by atoms with Crippen LogP contribution in [0.3, 0.4) is 0 Å². The molecular weight excluding hydrogens is 272 g/mol. The van der Waals surface area contributed by atoms with Crippen molar-refractivity contribution in [1.29, 1.82) is 0 Å². The number of urea groups is 1. The van der Waals surface area contributed by atoms with Crippen LogP contribution in [0.2, 0.25) is 0 Å². The highest BCUT2D eigenvalue weighted by Crippen LogP contribution is 2.21.